The number of aromatic nitrogens is 5. The zero-order valence-electron chi connectivity index (χ0n) is 18.6. The molecule has 0 bridgehead atoms. The van der Waals surface area contributed by atoms with Crippen LogP contribution < -0.4 is 10.1 Å². The van der Waals surface area contributed by atoms with Gasteiger partial charge in [0, 0.05) is 29.0 Å². The number of hydrogen-bond acceptors (Lipinski definition) is 8. The predicted octanol–water partition coefficient (Wildman–Crippen LogP) is 3.69. The van der Waals surface area contributed by atoms with Gasteiger partial charge in [-0.05, 0) is 24.3 Å². The fraction of sp³-hybridized carbons (Fsp3) is 0.318. The maximum atomic E-state index is 13.1. The van der Waals surface area contributed by atoms with Crippen LogP contribution in [0.4, 0.5) is 23.2 Å². The molecule has 3 aromatic heterocycles. The second-order valence-corrected chi connectivity index (χ2v) is 8.87. The van der Waals surface area contributed by atoms with Gasteiger partial charge in [0.15, 0.2) is 11.9 Å². The molecule has 0 aliphatic heterocycles. The molecule has 0 aliphatic rings. The van der Waals surface area contributed by atoms with E-state index in [0.29, 0.717) is 16.1 Å². The Labute approximate surface area is 206 Å². The van der Waals surface area contributed by atoms with Crippen LogP contribution in [0.5, 0.6) is 5.75 Å². The number of rotatable bonds is 12. The topological polar surface area (TPSA) is 110 Å². The van der Waals surface area contributed by atoms with E-state index in [1.807, 2.05) is 0 Å². The average molecular weight is 527 g/mol. The van der Waals surface area contributed by atoms with E-state index in [2.05, 4.69) is 25.2 Å². The van der Waals surface area contributed by atoms with Gasteiger partial charge in [-0.1, -0.05) is 0 Å². The first kappa shape index (κ1) is 25.7. The molecular weight excluding hydrogens is 504 g/mol. The van der Waals surface area contributed by atoms with Crippen LogP contribution in [0.2, 0.25) is 0 Å². The summed E-state index contributed by atoms with van der Waals surface area (Å²) in [6, 6.07) is 5.78. The van der Waals surface area contributed by atoms with Crippen LogP contribution in [-0.2, 0) is 6.54 Å². The summed E-state index contributed by atoms with van der Waals surface area (Å²) in [5, 5.41) is 30.7. The number of nitrogens with one attached hydrogen (secondary N) is 1. The number of nitrogens with zero attached hydrogens (tertiary/aromatic N) is 5. The number of thioether (sulfide) groups is 1. The van der Waals surface area contributed by atoms with E-state index in [0.717, 1.165) is 11.8 Å². The van der Waals surface area contributed by atoms with E-state index in [1.54, 1.807) is 12.3 Å². The lowest BCUT2D eigenvalue weighted by Crippen LogP contribution is -2.10. The predicted molar refractivity (Wildman–Crippen MR) is 125 cm³/mol. The maximum absolute atomic E-state index is 13.1. The summed E-state index contributed by atoms with van der Waals surface area (Å²) in [4.78, 5) is 4.60. The molecule has 0 saturated carbocycles. The summed E-state index contributed by atoms with van der Waals surface area (Å²) in [5.74, 6) is -0.226. The lowest BCUT2D eigenvalue weighted by Gasteiger charge is -2.16. The molecule has 1 atom stereocenters. The average Bonchev–Trinajstić information content (AvgIpc) is 3.47. The Morgan fingerprint density at radius 1 is 1.19 bits per heavy atom. The van der Waals surface area contributed by atoms with Gasteiger partial charge >= 0.3 is 6.61 Å². The van der Waals surface area contributed by atoms with Crippen molar-refractivity contribution < 1.29 is 32.5 Å². The fourth-order valence-corrected chi connectivity index (χ4v) is 4.31. The van der Waals surface area contributed by atoms with Gasteiger partial charge in [0.2, 0.25) is 0 Å². The molecule has 3 N–H and O–H groups in total. The second kappa shape index (κ2) is 11.6. The smallest absolute Gasteiger partial charge is 0.387 e. The summed E-state index contributed by atoms with van der Waals surface area (Å²) in [6.45, 7) is -5.15. The van der Waals surface area contributed by atoms with Crippen molar-refractivity contribution in [2.45, 2.75) is 29.5 Å². The van der Waals surface area contributed by atoms with Crippen molar-refractivity contribution >= 4 is 23.1 Å². The van der Waals surface area contributed by atoms with Gasteiger partial charge in [-0.2, -0.15) is 19.0 Å². The zero-order chi connectivity index (χ0) is 25.7. The maximum Gasteiger partial charge on any atom is 0.387 e. The monoisotopic (exact) mass is 526 g/mol. The van der Waals surface area contributed by atoms with Crippen LogP contribution in [0.25, 0.3) is 16.9 Å². The highest BCUT2D eigenvalue weighted by Gasteiger charge is 2.23. The highest BCUT2D eigenvalue weighted by molar-refractivity contribution is 8.00. The molecule has 9 nitrogen and oxygen atoms in total. The first-order chi connectivity index (χ1) is 17.4. The molecule has 36 heavy (non-hydrogen) atoms. The van der Waals surface area contributed by atoms with Crippen LogP contribution in [0.1, 0.15) is 11.8 Å². The molecule has 0 aliphatic carbocycles. The van der Waals surface area contributed by atoms with Gasteiger partial charge in [0.05, 0.1) is 35.8 Å². The summed E-state index contributed by atoms with van der Waals surface area (Å²) in [5.41, 5.74) is 1.17. The van der Waals surface area contributed by atoms with Gasteiger partial charge < -0.3 is 20.3 Å². The normalized spacial score (nSPS) is 12.6. The van der Waals surface area contributed by atoms with Crippen molar-refractivity contribution in [2.24, 2.45) is 0 Å². The minimum absolute atomic E-state index is 0.0777. The van der Waals surface area contributed by atoms with Crippen molar-refractivity contribution in [1.82, 2.24) is 24.4 Å². The van der Waals surface area contributed by atoms with E-state index in [9.17, 15) is 27.8 Å². The van der Waals surface area contributed by atoms with Gasteiger partial charge in [0.1, 0.15) is 24.8 Å². The van der Waals surface area contributed by atoms with Crippen LogP contribution >= 0.6 is 11.8 Å². The molecular formula is C22H22F4N6O3S. The summed E-state index contributed by atoms with van der Waals surface area (Å²) in [6.07, 6.45) is 4.78. The molecule has 0 amide bonds. The Hall–Kier alpha value is -3.36. The molecule has 4 aromatic rings. The van der Waals surface area contributed by atoms with Crippen molar-refractivity contribution in [3.05, 3.63) is 54.6 Å². The number of fused-ring (bicyclic) bond motifs is 1. The number of alkyl halides is 4. The molecule has 14 heteroatoms. The third-order valence-corrected chi connectivity index (χ3v) is 6.16. The van der Waals surface area contributed by atoms with Crippen molar-refractivity contribution in [1.29, 1.82) is 0 Å². The quantitative estimate of drug-likeness (QED) is 0.146. The highest BCUT2D eigenvalue weighted by Crippen LogP contribution is 2.39. The van der Waals surface area contributed by atoms with Crippen LogP contribution in [0.3, 0.4) is 0 Å². The molecule has 0 fully saturated rings. The first-order valence-electron chi connectivity index (χ1n) is 10.7. The zero-order valence-corrected chi connectivity index (χ0v) is 19.5. The Kier molecular flexibility index (Phi) is 8.28. The van der Waals surface area contributed by atoms with Gasteiger partial charge in [-0.3, -0.25) is 4.68 Å². The van der Waals surface area contributed by atoms with E-state index < -0.39 is 31.4 Å². The van der Waals surface area contributed by atoms with E-state index >= 15 is 0 Å². The minimum atomic E-state index is -3.14. The summed E-state index contributed by atoms with van der Waals surface area (Å²) < 4.78 is 60.0. The number of ether oxygens (including phenoxy) is 1. The van der Waals surface area contributed by atoms with Crippen LogP contribution in [0.15, 0.2) is 53.9 Å². The molecule has 3 heterocycles. The Balaban J connectivity index is 1.75. The van der Waals surface area contributed by atoms with Gasteiger partial charge in [-0.25, -0.2) is 18.3 Å². The summed E-state index contributed by atoms with van der Waals surface area (Å²) in [7, 11) is 0. The van der Waals surface area contributed by atoms with Gasteiger partial charge in [-0.15, -0.1) is 11.8 Å². The lowest BCUT2D eigenvalue weighted by atomic mass is 10.1. The third kappa shape index (κ3) is 5.71. The molecule has 1 aromatic carbocycles. The van der Waals surface area contributed by atoms with Crippen molar-refractivity contribution in [3.63, 3.8) is 0 Å². The first-order valence-corrected chi connectivity index (χ1v) is 11.6. The minimum Gasteiger partial charge on any atom is -0.434 e. The fourth-order valence-electron chi connectivity index (χ4n) is 3.47. The van der Waals surface area contributed by atoms with Crippen molar-refractivity contribution in [2.75, 3.05) is 25.3 Å². The standard InChI is InChI=1S/C22H22F4N6O3S/c23-9-14(10-24)36-13-2-3-18(35-22(25)26)15(8-13)19-17(12-31(30-19)6-7-33)29-21(34)16-11-28-32-5-1-4-27-20(16)32/h1-5,8,11-12,14,21-22,29,33-34H,6-7,9-10H2. The van der Waals surface area contributed by atoms with Crippen LogP contribution in [0, 0.1) is 0 Å². The SMILES string of the molecule is OCCn1cc(NC(O)c2cnn3cccnc23)c(-c2cc(SC(CF)CF)ccc2OC(F)F)n1. The van der Waals surface area contributed by atoms with E-state index in [4.69, 9.17) is 0 Å². The Morgan fingerprint density at radius 2 is 2.00 bits per heavy atom. The molecule has 0 saturated heterocycles. The molecule has 1 unspecified atom stereocenters. The Bertz CT molecular complexity index is 1300. The summed E-state index contributed by atoms with van der Waals surface area (Å²) >= 11 is 0.905. The molecule has 192 valence electrons. The number of benzene rings is 1. The number of halogens is 4. The number of aliphatic hydroxyl groups excluding tert-OH is 2. The number of aliphatic hydroxyl groups is 2. The molecule has 0 radical (unpaired) electrons. The number of hydrogen-bond donors (Lipinski definition) is 3. The van der Waals surface area contributed by atoms with Crippen LogP contribution in [-0.4, -0.2) is 66.4 Å². The van der Waals surface area contributed by atoms with Crippen molar-refractivity contribution in [3.8, 4) is 17.0 Å². The molecule has 0 spiro atoms. The Morgan fingerprint density at radius 3 is 2.72 bits per heavy atom. The third-order valence-electron chi connectivity index (χ3n) is 5.05. The van der Waals surface area contributed by atoms with Gasteiger partial charge in [0.25, 0.3) is 0 Å². The lowest BCUT2D eigenvalue weighted by molar-refractivity contribution is -0.0494. The molecule has 4 rings (SSSR count). The second-order valence-electron chi connectivity index (χ2n) is 7.50. The largest absolute Gasteiger partial charge is 0.434 e. The van der Waals surface area contributed by atoms with E-state index in [1.165, 1.54) is 46.0 Å². The highest BCUT2D eigenvalue weighted by atomic mass is 32.2. The van der Waals surface area contributed by atoms with E-state index in [-0.39, 0.29) is 35.8 Å². The number of anilines is 1.